The van der Waals surface area contributed by atoms with Crippen molar-refractivity contribution in [3.63, 3.8) is 0 Å². The highest BCUT2D eigenvalue weighted by molar-refractivity contribution is 6.31. The van der Waals surface area contributed by atoms with Crippen molar-refractivity contribution in [2.24, 2.45) is 0 Å². The maximum Gasteiger partial charge on any atom is 0.123 e. The van der Waals surface area contributed by atoms with Gasteiger partial charge in [0.25, 0.3) is 0 Å². The number of hydrogen-bond acceptors (Lipinski definition) is 2. The number of rotatable bonds is 6. The predicted molar refractivity (Wildman–Crippen MR) is 80.2 cm³/mol. The number of halogens is 2. The van der Waals surface area contributed by atoms with Crippen LogP contribution in [-0.4, -0.2) is 30.6 Å². The van der Waals surface area contributed by atoms with Gasteiger partial charge in [-0.1, -0.05) is 25.4 Å². The predicted octanol–water partition coefficient (Wildman–Crippen LogP) is 3.86. The molecule has 1 unspecified atom stereocenters. The van der Waals surface area contributed by atoms with Crippen LogP contribution in [-0.2, 0) is 0 Å². The molecule has 108 valence electrons. The lowest BCUT2D eigenvalue weighted by molar-refractivity contribution is 0.0944. The van der Waals surface area contributed by atoms with Crippen molar-refractivity contribution < 1.29 is 4.39 Å². The Morgan fingerprint density at radius 2 is 1.89 bits per heavy atom. The minimum atomic E-state index is -0.255. The van der Waals surface area contributed by atoms with E-state index in [4.69, 9.17) is 11.6 Å². The molecule has 0 saturated heterocycles. The minimum Gasteiger partial charge on any atom is -0.311 e. The number of nitrogens with one attached hydrogen (secondary N) is 1. The lowest BCUT2D eigenvalue weighted by Crippen LogP contribution is -2.52. The molecule has 0 aliphatic carbocycles. The van der Waals surface area contributed by atoms with Gasteiger partial charge < -0.3 is 5.32 Å². The standard InChI is InChI=1S/C15H24ClFN2/c1-6-19(7-2)15(3,4)14(18-5)12-10-11(17)8-9-13(12)16/h8-10,14,18H,6-7H2,1-5H3. The molecule has 0 aliphatic rings. The summed E-state index contributed by atoms with van der Waals surface area (Å²) in [6.07, 6.45) is 0. The van der Waals surface area contributed by atoms with Crippen molar-refractivity contribution in [1.29, 1.82) is 0 Å². The first-order valence-corrected chi connectivity index (χ1v) is 7.13. The van der Waals surface area contributed by atoms with Crippen molar-refractivity contribution in [3.8, 4) is 0 Å². The van der Waals surface area contributed by atoms with E-state index in [-0.39, 0.29) is 17.4 Å². The van der Waals surface area contributed by atoms with E-state index in [0.717, 1.165) is 18.7 Å². The molecule has 0 heterocycles. The van der Waals surface area contributed by atoms with Gasteiger partial charge in [0.05, 0.1) is 6.04 Å². The van der Waals surface area contributed by atoms with E-state index in [1.54, 1.807) is 6.07 Å². The second-order valence-corrected chi connectivity index (χ2v) is 5.62. The molecule has 0 amide bonds. The molecule has 2 nitrogen and oxygen atoms in total. The molecule has 1 aromatic carbocycles. The molecule has 4 heteroatoms. The average Bonchev–Trinajstić information content (AvgIpc) is 2.35. The Morgan fingerprint density at radius 1 is 1.32 bits per heavy atom. The van der Waals surface area contributed by atoms with Crippen molar-refractivity contribution in [1.82, 2.24) is 10.2 Å². The molecule has 1 atom stereocenters. The van der Waals surface area contributed by atoms with E-state index in [2.05, 4.69) is 37.9 Å². The quantitative estimate of drug-likeness (QED) is 0.854. The number of benzene rings is 1. The molecule has 0 aromatic heterocycles. The summed E-state index contributed by atoms with van der Waals surface area (Å²) in [4.78, 5) is 2.34. The zero-order valence-corrected chi connectivity index (χ0v) is 13.2. The zero-order valence-electron chi connectivity index (χ0n) is 12.4. The van der Waals surface area contributed by atoms with Gasteiger partial charge >= 0.3 is 0 Å². The Labute approximate surface area is 120 Å². The Bertz CT molecular complexity index is 417. The lowest BCUT2D eigenvalue weighted by Gasteiger charge is -2.43. The van der Waals surface area contributed by atoms with Crippen LogP contribution in [0.15, 0.2) is 18.2 Å². The summed E-state index contributed by atoms with van der Waals surface area (Å²) in [6.45, 7) is 10.4. The Kier molecular flexibility index (Phi) is 5.78. The molecule has 0 radical (unpaired) electrons. The Hall–Kier alpha value is -0.640. The van der Waals surface area contributed by atoms with E-state index < -0.39 is 0 Å². The molecule has 1 aromatic rings. The smallest absolute Gasteiger partial charge is 0.123 e. The largest absolute Gasteiger partial charge is 0.311 e. The van der Waals surface area contributed by atoms with Gasteiger partial charge in [0.15, 0.2) is 0 Å². The van der Waals surface area contributed by atoms with Gasteiger partial charge in [-0.3, -0.25) is 4.90 Å². The van der Waals surface area contributed by atoms with Crippen molar-refractivity contribution in [2.75, 3.05) is 20.1 Å². The van der Waals surface area contributed by atoms with Gasteiger partial charge in [-0.25, -0.2) is 4.39 Å². The number of nitrogens with zero attached hydrogens (tertiary/aromatic N) is 1. The van der Waals surface area contributed by atoms with Crippen molar-refractivity contribution in [2.45, 2.75) is 39.3 Å². The summed E-state index contributed by atoms with van der Waals surface area (Å²) in [5, 5.41) is 3.88. The van der Waals surface area contributed by atoms with Crippen LogP contribution in [0.4, 0.5) is 4.39 Å². The fraction of sp³-hybridized carbons (Fsp3) is 0.600. The topological polar surface area (TPSA) is 15.3 Å². The van der Waals surface area contributed by atoms with Crippen LogP contribution in [0, 0.1) is 5.82 Å². The first kappa shape index (κ1) is 16.4. The molecule has 1 N–H and O–H groups in total. The first-order chi connectivity index (χ1) is 8.88. The third-order valence-electron chi connectivity index (χ3n) is 3.84. The van der Waals surface area contributed by atoms with E-state index in [0.29, 0.717) is 5.02 Å². The van der Waals surface area contributed by atoms with Crippen LogP contribution in [0.3, 0.4) is 0 Å². The molecule has 0 saturated carbocycles. The van der Waals surface area contributed by atoms with Crippen LogP contribution in [0.25, 0.3) is 0 Å². The Balaban J connectivity index is 3.22. The van der Waals surface area contributed by atoms with E-state index >= 15 is 0 Å². The number of hydrogen-bond donors (Lipinski definition) is 1. The summed E-state index contributed by atoms with van der Waals surface area (Å²) >= 11 is 6.24. The van der Waals surface area contributed by atoms with E-state index in [9.17, 15) is 4.39 Å². The highest BCUT2D eigenvalue weighted by Gasteiger charge is 2.35. The Morgan fingerprint density at radius 3 is 2.37 bits per heavy atom. The summed E-state index contributed by atoms with van der Waals surface area (Å²) in [6, 6.07) is 4.50. The van der Waals surface area contributed by atoms with E-state index in [1.165, 1.54) is 12.1 Å². The van der Waals surface area contributed by atoms with Gasteiger partial charge in [0.2, 0.25) is 0 Å². The summed E-state index contributed by atoms with van der Waals surface area (Å²) in [5.74, 6) is -0.255. The van der Waals surface area contributed by atoms with Gasteiger partial charge in [0, 0.05) is 10.6 Å². The first-order valence-electron chi connectivity index (χ1n) is 6.75. The summed E-state index contributed by atoms with van der Waals surface area (Å²) < 4.78 is 13.5. The normalized spacial score (nSPS) is 13.9. The van der Waals surface area contributed by atoms with Crippen LogP contribution in [0.5, 0.6) is 0 Å². The van der Waals surface area contributed by atoms with Crippen LogP contribution < -0.4 is 5.32 Å². The monoisotopic (exact) mass is 286 g/mol. The molecule has 0 fully saturated rings. The lowest BCUT2D eigenvalue weighted by atomic mass is 9.86. The molecular formula is C15H24ClFN2. The van der Waals surface area contributed by atoms with Crippen LogP contribution in [0.1, 0.15) is 39.3 Å². The third kappa shape index (κ3) is 3.47. The van der Waals surface area contributed by atoms with Gasteiger partial charge in [0.1, 0.15) is 5.82 Å². The highest BCUT2D eigenvalue weighted by Crippen LogP contribution is 2.34. The SMILES string of the molecule is CCN(CC)C(C)(C)C(NC)c1cc(F)ccc1Cl. The molecule has 1 rings (SSSR count). The molecule has 0 bridgehead atoms. The molecular weight excluding hydrogens is 263 g/mol. The molecule has 19 heavy (non-hydrogen) atoms. The van der Waals surface area contributed by atoms with E-state index in [1.807, 2.05) is 7.05 Å². The minimum absolute atomic E-state index is 0.0319. The van der Waals surface area contributed by atoms with Crippen molar-refractivity contribution >= 4 is 11.6 Å². The zero-order chi connectivity index (χ0) is 14.6. The second kappa shape index (κ2) is 6.69. The fourth-order valence-electron chi connectivity index (χ4n) is 2.85. The fourth-order valence-corrected chi connectivity index (χ4v) is 3.07. The van der Waals surface area contributed by atoms with Crippen LogP contribution >= 0.6 is 11.6 Å². The third-order valence-corrected chi connectivity index (χ3v) is 4.19. The maximum atomic E-state index is 13.5. The van der Waals surface area contributed by atoms with Gasteiger partial charge in [-0.15, -0.1) is 0 Å². The highest BCUT2D eigenvalue weighted by atomic mass is 35.5. The molecule has 0 aliphatic heterocycles. The molecule has 0 spiro atoms. The second-order valence-electron chi connectivity index (χ2n) is 5.21. The maximum absolute atomic E-state index is 13.5. The number of likely N-dealkylation sites (N-methyl/N-ethyl adjacent to an activating group) is 2. The van der Waals surface area contributed by atoms with Gasteiger partial charge in [-0.2, -0.15) is 0 Å². The van der Waals surface area contributed by atoms with Gasteiger partial charge in [-0.05, 0) is 57.7 Å². The summed E-state index contributed by atoms with van der Waals surface area (Å²) in [5.41, 5.74) is 0.649. The van der Waals surface area contributed by atoms with Crippen LogP contribution in [0.2, 0.25) is 5.02 Å². The average molecular weight is 287 g/mol. The van der Waals surface area contributed by atoms with Crippen molar-refractivity contribution in [3.05, 3.63) is 34.6 Å². The summed E-state index contributed by atoms with van der Waals surface area (Å²) in [7, 11) is 1.89.